The molecule has 0 aromatic carbocycles. The minimum atomic E-state index is 0.423. The first kappa shape index (κ1) is 7.92. The Bertz CT molecular complexity index is 139. The molecule has 0 fully saturated rings. The van der Waals surface area contributed by atoms with Gasteiger partial charge in [0.15, 0.2) is 7.85 Å². The van der Waals surface area contributed by atoms with Crippen molar-refractivity contribution in [3.63, 3.8) is 0 Å². The summed E-state index contributed by atoms with van der Waals surface area (Å²) in [4.78, 5) is 4.95. The fraction of sp³-hybridized carbons (Fsp3) is 0.800. The second-order valence-corrected chi connectivity index (χ2v) is 4.16. The molecule has 9 heavy (non-hydrogen) atoms. The van der Waals surface area contributed by atoms with Crippen LogP contribution >= 0.6 is 34.4 Å². The fourth-order valence-electron chi connectivity index (χ4n) is 0.728. The van der Waals surface area contributed by atoms with Gasteiger partial charge in [-0.25, -0.2) is 0 Å². The van der Waals surface area contributed by atoms with E-state index in [-0.39, 0.29) is 0 Å². The second-order valence-electron chi connectivity index (χ2n) is 2.02. The molecule has 0 N–H and O–H groups in total. The van der Waals surface area contributed by atoms with Gasteiger partial charge in [0.1, 0.15) is 0 Å². The topological polar surface area (TPSA) is 12.4 Å². The summed E-state index contributed by atoms with van der Waals surface area (Å²) >= 11 is 4.06. The van der Waals surface area contributed by atoms with E-state index in [1.165, 1.54) is 0 Å². The van der Waals surface area contributed by atoms with Gasteiger partial charge in [0, 0.05) is 14.6 Å². The molecule has 1 nitrogen and oxygen atoms in total. The molecule has 2 radical (unpaired) electrons. The van der Waals surface area contributed by atoms with Gasteiger partial charge >= 0.3 is 0 Å². The Morgan fingerprint density at radius 2 is 2.56 bits per heavy atom. The highest BCUT2D eigenvalue weighted by atomic mass is 127. The number of aliphatic imine (C=N–C) groups is 1. The number of hydrogen-bond acceptors (Lipinski definition) is 2. The van der Waals surface area contributed by atoms with Crippen LogP contribution in [0.3, 0.4) is 0 Å². The van der Waals surface area contributed by atoms with E-state index < -0.39 is 0 Å². The molecule has 0 spiro atoms. The standard InChI is InChI=1S/C5H7BINS/c1-3-4(2-7)9-5(6)8-3/h3-4H,2H2,1H3. The number of nitrogens with zero attached hydrogens (tertiary/aromatic N) is 1. The maximum Gasteiger partial charge on any atom is 0.150 e. The third kappa shape index (κ3) is 1.87. The van der Waals surface area contributed by atoms with Crippen molar-refractivity contribution >= 4 is 47.1 Å². The monoisotopic (exact) mass is 251 g/mol. The Kier molecular flexibility index (Phi) is 2.88. The summed E-state index contributed by atoms with van der Waals surface area (Å²) in [6.07, 6.45) is 0. The zero-order valence-corrected chi connectivity index (χ0v) is 8.15. The molecule has 0 aromatic rings. The van der Waals surface area contributed by atoms with E-state index in [4.69, 9.17) is 7.85 Å². The van der Waals surface area contributed by atoms with Gasteiger partial charge < -0.3 is 0 Å². The molecule has 0 saturated heterocycles. The van der Waals surface area contributed by atoms with Gasteiger partial charge in [0.2, 0.25) is 0 Å². The van der Waals surface area contributed by atoms with E-state index >= 15 is 0 Å². The molecular formula is C5H7BINS. The van der Waals surface area contributed by atoms with Crippen molar-refractivity contribution in [3.8, 4) is 0 Å². The zero-order chi connectivity index (χ0) is 6.85. The summed E-state index contributed by atoms with van der Waals surface area (Å²) in [6, 6.07) is 0.423. The molecule has 1 aliphatic rings. The van der Waals surface area contributed by atoms with Crippen LogP contribution in [0.5, 0.6) is 0 Å². The quantitative estimate of drug-likeness (QED) is 0.390. The lowest BCUT2D eigenvalue weighted by molar-refractivity contribution is 0.762. The summed E-state index contributed by atoms with van der Waals surface area (Å²) in [5.74, 6) is 0. The van der Waals surface area contributed by atoms with Crippen molar-refractivity contribution in [1.29, 1.82) is 0 Å². The lowest BCUT2D eigenvalue weighted by Gasteiger charge is -2.07. The van der Waals surface area contributed by atoms with E-state index in [9.17, 15) is 0 Å². The van der Waals surface area contributed by atoms with E-state index in [2.05, 4.69) is 34.5 Å². The van der Waals surface area contributed by atoms with Crippen molar-refractivity contribution in [3.05, 3.63) is 0 Å². The van der Waals surface area contributed by atoms with Crippen LogP contribution in [0.25, 0.3) is 0 Å². The Morgan fingerprint density at radius 3 is 2.78 bits per heavy atom. The van der Waals surface area contributed by atoms with Gasteiger partial charge in [-0.2, -0.15) is 0 Å². The molecular weight excluding hydrogens is 244 g/mol. The molecule has 0 bridgehead atoms. The normalized spacial score (nSPS) is 34.7. The summed E-state index contributed by atoms with van der Waals surface area (Å²) in [7, 11) is 5.50. The second kappa shape index (κ2) is 3.28. The van der Waals surface area contributed by atoms with Crippen LogP contribution in [0.15, 0.2) is 4.99 Å². The van der Waals surface area contributed by atoms with E-state index in [1.807, 2.05) is 0 Å². The molecule has 1 heterocycles. The molecule has 0 saturated carbocycles. The lowest BCUT2D eigenvalue weighted by atomic mass is 10.2. The van der Waals surface area contributed by atoms with Crippen molar-refractivity contribution in [2.24, 2.45) is 4.99 Å². The number of thioether (sulfide) groups is 1. The van der Waals surface area contributed by atoms with Gasteiger partial charge in [0.05, 0.1) is 6.04 Å². The average molecular weight is 251 g/mol. The maximum absolute atomic E-state index is 5.50. The van der Waals surface area contributed by atoms with Crippen molar-refractivity contribution < 1.29 is 0 Å². The molecule has 2 atom stereocenters. The van der Waals surface area contributed by atoms with E-state index in [0.29, 0.717) is 11.3 Å². The molecule has 4 heteroatoms. The Hall–Kier alpha value is 0.815. The van der Waals surface area contributed by atoms with Gasteiger partial charge in [-0.1, -0.05) is 22.6 Å². The maximum atomic E-state index is 5.50. The fourth-order valence-corrected chi connectivity index (χ4v) is 2.86. The van der Waals surface area contributed by atoms with Crippen LogP contribution in [-0.2, 0) is 0 Å². The first-order valence-electron chi connectivity index (χ1n) is 2.80. The molecule has 1 aliphatic heterocycles. The number of rotatable bonds is 1. The molecule has 0 aromatic heterocycles. The zero-order valence-electron chi connectivity index (χ0n) is 5.17. The predicted molar refractivity (Wildman–Crippen MR) is 52.9 cm³/mol. The van der Waals surface area contributed by atoms with Crippen LogP contribution in [-0.4, -0.2) is 28.5 Å². The highest BCUT2D eigenvalue weighted by Crippen LogP contribution is 2.26. The molecule has 1 rings (SSSR count). The van der Waals surface area contributed by atoms with Crippen molar-refractivity contribution in [2.45, 2.75) is 18.2 Å². The highest BCUT2D eigenvalue weighted by Gasteiger charge is 2.22. The number of halogens is 1. The molecule has 2 unspecified atom stereocenters. The molecule has 48 valence electrons. The van der Waals surface area contributed by atoms with Crippen molar-refractivity contribution in [2.75, 3.05) is 4.43 Å². The van der Waals surface area contributed by atoms with E-state index in [0.717, 1.165) is 9.37 Å². The minimum absolute atomic E-state index is 0.423. The largest absolute Gasteiger partial charge is 0.291 e. The summed E-state index contributed by atoms with van der Waals surface area (Å²) in [6.45, 7) is 2.11. The van der Waals surface area contributed by atoms with Crippen LogP contribution in [0.1, 0.15) is 6.92 Å². The van der Waals surface area contributed by atoms with Gasteiger partial charge in [-0.15, -0.1) is 11.8 Å². The predicted octanol–water partition coefficient (Wildman–Crippen LogP) is 1.45. The van der Waals surface area contributed by atoms with Crippen LogP contribution in [0.4, 0.5) is 0 Å². The third-order valence-electron chi connectivity index (χ3n) is 1.29. The lowest BCUT2D eigenvalue weighted by Crippen LogP contribution is -2.14. The van der Waals surface area contributed by atoms with Gasteiger partial charge in [-0.05, 0) is 6.92 Å². The van der Waals surface area contributed by atoms with Gasteiger partial charge in [0.25, 0.3) is 0 Å². The van der Waals surface area contributed by atoms with E-state index in [1.54, 1.807) is 11.8 Å². The highest BCUT2D eigenvalue weighted by molar-refractivity contribution is 14.1. The van der Waals surface area contributed by atoms with Crippen LogP contribution < -0.4 is 0 Å². The Morgan fingerprint density at radius 1 is 1.89 bits per heavy atom. The first-order valence-corrected chi connectivity index (χ1v) is 5.20. The molecule has 0 amide bonds. The number of alkyl halides is 1. The molecule has 0 aliphatic carbocycles. The smallest absolute Gasteiger partial charge is 0.150 e. The Balaban J connectivity index is 2.49. The summed E-state index contributed by atoms with van der Waals surface area (Å²) in [5, 5.41) is 0.616. The SMILES string of the molecule is [B]C1=NC(C)C(CI)S1. The van der Waals surface area contributed by atoms with Crippen LogP contribution in [0.2, 0.25) is 0 Å². The first-order chi connectivity index (χ1) is 4.24. The minimum Gasteiger partial charge on any atom is -0.291 e. The summed E-state index contributed by atoms with van der Waals surface area (Å²) in [5.41, 5.74) is 0. The average Bonchev–Trinajstić information content (AvgIpc) is 2.10. The van der Waals surface area contributed by atoms with Gasteiger partial charge in [-0.3, -0.25) is 4.99 Å². The number of hydrogen-bond donors (Lipinski definition) is 0. The Labute approximate surface area is 74.6 Å². The van der Waals surface area contributed by atoms with Crippen molar-refractivity contribution in [1.82, 2.24) is 0 Å². The third-order valence-corrected chi connectivity index (χ3v) is 4.05. The summed E-state index contributed by atoms with van der Waals surface area (Å²) < 4.78 is 1.13. The van der Waals surface area contributed by atoms with Crippen LogP contribution in [0, 0.1) is 0 Å².